The average molecular weight is 566 g/mol. The summed E-state index contributed by atoms with van der Waals surface area (Å²) < 4.78 is 41.0. The number of rotatable bonds is 7. The molecule has 0 aliphatic rings. The maximum atomic E-state index is 13.7. The lowest BCUT2D eigenvalue weighted by Gasteiger charge is -2.14. The Morgan fingerprint density at radius 2 is 1.95 bits per heavy atom. The molecule has 0 spiro atoms. The van der Waals surface area contributed by atoms with Gasteiger partial charge in [0.15, 0.2) is 5.16 Å². The molecule has 0 atom stereocenters. The molecule has 1 amide bonds. The molecular weight excluding hydrogens is 543 g/mol. The van der Waals surface area contributed by atoms with E-state index >= 15 is 0 Å². The molecule has 0 fully saturated rings. The largest absolute Gasteiger partial charge is 0.417 e. The van der Waals surface area contributed by atoms with Crippen molar-refractivity contribution >= 4 is 56.5 Å². The van der Waals surface area contributed by atoms with Crippen LogP contribution in [0.15, 0.2) is 52.4 Å². The first-order chi connectivity index (χ1) is 17.5. The number of carbonyl (C=O) groups excluding carboxylic acids is 1. The van der Waals surface area contributed by atoms with E-state index in [1.807, 2.05) is 32.0 Å². The minimum Gasteiger partial charge on any atom is -0.325 e. The van der Waals surface area contributed by atoms with Gasteiger partial charge >= 0.3 is 6.18 Å². The van der Waals surface area contributed by atoms with Crippen LogP contribution < -0.4 is 10.9 Å². The molecule has 2 aromatic carbocycles. The molecule has 0 aliphatic carbocycles. The fourth-order valence-electron chi connectivity index (χ4n) is 3.91. The van der Waals surface area contributed by atoms with Gasteiger partial charge in [-0.15, -0.1) is 11.3 Å². The van der Waals surface area contributed by atoms with Crippen LogP contribution in [0.3, 0.4) is 0 Å². The number of alkyl halides is 3. The first-order valence-corrected chi connectivity index (χ1v) is 13.6. The number of aromatic nitrogens is 2. The second kappa shape index (κ2) is 10.9. The van der Waals surface area contributed by atoms with Gasteiger partial charge in [-0.1, -0.05) is 48.8 Å². The number of amides is 1. The highest BCUT2D eigenvalue weighted by Gasteiger charge is 2.33. The van der Waals surface area contributed by atoms with Gasteiger partial charge < -0.3 is 5.32 Å². The monoisotopic (exact) mass is 565 g/mol. The molecule has 11 heteroatoms. The van der Waals surface area contributed by atoms with Gasteiger partial charge in [-0.3, -0.25) is 14.2 Å². The number of nitrogens with zero attached hydrogens (tertiary/aromatic N) is 2. The smallest absolute Gasteiger partial charge is 0.325 e. The van der Waals surface area contributed by atoms with Crippen LogP contribution in [0, 0.1) is 13.8 Å². The number of halogens is 4. The molecule has 5 nitrogen and oxygen atoms in total. The third-order valence-electron chi connectivity index (χ3n) is 5.66. The number of thiophene rings is 1. The summed E-state index contributed by atoms with van der Waals surface area (Å²) in [6, 6.07) is 10.6. The number of hydrogen-bond acceptors (Lipinski definition) is 5. The van der Waals surface area contributed by atoms with Gasteiger partial charge in [0.25, 0.3) is 5.56 Å². The highest BCUT2D eigenvalue weighted by Crippen LogP contribution is 2.36. The predicted molar refractivity (Wildman–Crippen MR) is 144 cm³/mol. The lowest BCUT2D eigenvalue weighted by Crippen LogP contribution is -2.23. The molecule has 1 N–H and O–H groups in total. The van der Waals surface area contributed by atoms with E-state index < -0.39 is 22.7 Å². The number of thioether (sulfide) groups is 1. The summed E-state index contributed by atoms with van der Waals surface area (Å²) in [6.07, 6.45) is -2.88. The minimum absolute atomic E-state index is 0.0279. The third kappa shape index (κ3) is 5.86. The first-order valence-electron chi connectivity index (χ1n) is 11.4. The number of carbonyl (C=O) groups is 1. The van der Waals surface area contributed by atoms with Gasteiger partial charge in [0.05, 0.1) is 27.4 Å². The van der Waals surface area contributed by atoms with Crippen LogP contribution in [0.1, 0.15) is 34.9 Å². The van der Waals surface area contributed by atoms with Crippen molar-refractivity contribution in [3.8, 4) is 5.69 Å². The third-order valence-corrected chi connectivity index (χ3v) is 8.17. The van der Waals surface area contributed by atoms with Crippen LogP contribution in [0.4, 0.5) is 18.9 Å². The molecule has 0 saturated carbocycles. The molecule has 4 rings (SSSR count). The molecule has 4 aromatic rings. The summed E-state index contributed by atoms with van der Waals surface area (Å²) in [4.78, 5) is 32.8. The first kappa shape index (κ1) is 27.2. The quantitative estimate of drug-likeness (QED) is 0.187. The second-order valence-electron chi connectivity index (χ2n) is 8.48. The van der Waals surface area contributed by atoms with Crippen molar-refractivity contribution < 1.29 is 18.0 Å². The highest BCUT2D eigenvalue weighted by atomic mass is 35.5. The van der Waals surface area contributed by atoms with E-state index in [-0.39, 0.29) is 17.0 Å². The Balaban J connectivity index is 1.68. The van der Waals surface area contributed by atoms with Crippen molar-refractivity contribution in [2.45, 2.75) is 44.9 Å². The molecule has 194 valence electrons. The molecule has 0 unspecified atom stereocenters. The van der Waals surface area contributed by atoms with Crippen molar-refractivity contribution in [3.05, 3.63) is 79.4 Å². The fraction of sp³-hybridized carbons (Fsp3) is 0.269. The van der Waals surface area contributed by atoms with Crippen LogP contribution in [-0.2, 0) is 17.4 Å². The van der Waals surface area contributed by atoms with E-state index in [1.165, 1.54) is 22.0 Å². The number of fused-ring (bicyclic) bond motifs is 1. The normalized spacial score (nSPS) is 11.8. The van der Waals surface area contributed by atoms with Crippen LogP contribution in [-0.4, -0.2) is 21.2 Å². The number of aryl methyl sites for hydroxylation is 3. The molecule has 0 aliphatic heterocycles. The SMILES string of the molecule is CCCc1sc2nc(SCC(=O)Nc3ccc(Cl)c(C(F)(F)F)c3)n(-c3cccc(C)c3)c(=O)c2c1C. The number of hydrogen-bond donors (Lipinski definition) is 1. The highest BCUT2D eigenvalue weighted by molar-refractivity contribution is 7.99. The van der Waals surface area contributed by atoms with Crippen molar-refractivity contribution in [1.82, 2.24) is 9.55 Å². The van der Waals surface area contributed by atoms with Crippen LogP contribution in [0.5, 0.6) is 0 Å². The Bertz CT molecular complexity index is 1550. The predicted octanol–water partition coefficient (Wildman–Crippen LogP) is 7.42. The number of anilines is 1. The summed E-state index contributed by atoms with van der Waals surface area (Å²) in [6.45, 7) is 5.91. The van der Waals surface area contributed by atoms with Crippen LogP contribution >= 0.6 is 34.7 Å². The summed E-state index contributed by atoms with van der Waals surface area (Å²) in [5.74, 6) is -0.709. The maximum absolute atomic E-state index is 13.7. The van der Waals surface area contributed by atoms with Gasteiger partial charge in [-0.25, -0.2) is 4.98 Å². The molecule has 0 bridgehead atoms. The van der Waals surface area contributed by atoms with Crippen molar-refractivity contribution in [2.24, 2.45) is 0 Å². The van der Waals surface area contributed by atoms with E-state index in [0.717, 1.165) is 52.7 Å². The Kier molecular flexibility index (Phi) is 8.01. The number of nitrogens with one attached hydrogen (secondary N) is 1. The van der Waals surface area contributed by atoms with Gasteiger partial charge in [0.2, 0.25) is 5.91 Å². The van der Waals surface area contributed by atoms with Crippen molar-refractivity contribution in [2.75, 3.05) is 11.1 Å². The molecule has 2 heterocycles. The topological polar surface area (TPSA) is 64.0 Å². The summed E-state index contributed by atoms with van der Waals surface area (Å²) in [5, 5.41) is 2.91. The maximum Gasteiger partial charge on any atom is 0.417 e. The van der Waals surface area contributed by atoms with E-state index in [0.29, 0.717) is 21.1 Å². The standard InChI is InChI=1S/C26H23ClF3N3O2S2/c1-4-6-20-15(3)22-23(37-20)32-25(33(24(22)35)17-8-5-7-14(2)11-17)36-13-21(34)31-16-9-10-19(27)18(12-16)26(28,29)30/h5,7-12H,4,6,13H2,1-3H3,(H,31,34). The molecule has 2 aromatic heterocycles. The van der Waals surface area contributed by atoms with Crippen molar-refractivity contribution in [3.63, 3.8) is 0 Å². The van der Waals surface area contributed by atoms with E-state index in [4.69, 9.17) is 16.6 Å². The van der Waals surface area contributed by atoms with Gasteiger partial charge in [-0.2, -0.15) is 13.2 Å². The summed E-state index contributed by atoms with van der Waals surface area (Å²) >= 11 is 8.18. The second-order valence-corrected chi connectivity index (χ2v) is 10.9. The average Bonchev–Trinajstić information content (AvgIpc) is 3.13. The molecule has 0 saturated heterocycles. The summed E-state index contributed by atoms with van der Waals surface area (Å²) in [7, 11) is 0. The zero-order chi connectivity index (χ0) is 26.9. The van der Waals surface area contributed by atoms with E-state index in [2.05, 4.69) is 12.2 Å². The Morgan fingerprint density at radius 1 is 1.19 bits per heavy atom. The Labute approximate surface area is 224 Å². The number of benzene rings is 2. The van der Waals surface area contributed by atoms with Crippen LogP contribution in [0.2, 0.25) is 5.02 Å². The van der Waals surface area contributed by atoms with Gasteiger partial charge in [0.1, 0.15) is 4.83 Å². The van der Waals surface area contributed by atoms with Crippen molar-refractivity contribution in [1.29, 1.82) is 0 Å². The molecular formula is C26H23ClF3N3O2S2. The van der Waals surface area contributed by atoms with Crippen LogP contribution in [0.25, 0.3) is 15.9 Å². The Morgan fingerprint density at radius 3 is 2.62 bits per heavy atom. The van der Waals surface area contributed by atoms with Gasteiger partial charge in [0, 0.05) is 10.6 Å². The van der Waals surface area contributed by atoms with E-state index in [1.54, 1.807) is 6.07 Å². The Hall–Kier alpha value is -2.82. The lowest BCUT2D eigenvalue weighted by molar-refractivity contribution is -0.137. The molecule has 37 heavy (non-hydrogen) atoms. The zero-order valence-corrected chi connectivity index (χ0v) is 22.6. The minimum atomic E-state index is -4.65. The van der Waals surface area contributed by atoms with Gasteiger partial charge in [-0.05, 0) is 61.7 Å². The zero-order valence-electron chi connectivity index (χ0n) is 20.2. The van der Waals surface area contributed by atoms with E-state index in [9.17, 15) is 22.8 Å². The fourth-order valence-corrected chi connectivity index (χ4v) is 6.27. The lowest BCUT2D eigenvalue weighted by atomic mass is 10.1. The molecule has 0 radical (unpaired) electrons. The summed E-state index contributed by atoms with van der Waals surface area (Å²) in [5.41, 5.74) is 1.21.